The number of rotatable bonds is 10. The Morgan fingerprint density at radius 2 is 2.07 bits per heavy atom. The second-order valence-electron chi connectivity index (χ2n) is 6.44. The van der Waals surface area contributed by atoms with E-state index in [1.807, 2.05) is 0 Å². The fourth-order valence-electron chi connectivity index (χ4n) is 2.88. The lowest BCUT2D eigenvalue weighted by molar-refractivity contribution is -0.143. The number of ether oxygens (including phenoxy) is 3. The molecule has 6 nitrogen and oxygen atoms in total. The molecule has 0 atom stereocenters. The van der Waals surface area contributed by atoms with Crippen molar-refractivity contribution in [3.63, 3.8) is 0 Å². The Balaban J connectivity index is 1.74. The lowest BCUT2D eigenvalue weighted by Gasteiger charge is -2.12. The Labute approximate surface area is 168 Å². The van der Waals surface area contributed by atoms with Gasteiger partial charge in [0.25, 0.3) is 5.91 Å². The second kappa shape index (κ2) is 11.8. The van der Waals surface area contributed by atoms with Gasteiger partial charge >= 0.3 is 12.6 Å². The van der Waals surface area contributed by atoms with Gasteiger partial charge in [0.05, 0.1) is 7.11 Å². The fraction of sp³-hybridized carbons (Fsp3) is 0.429. The quantitative estimate of drug-likeness (QED) is 0.361. The normalized spacial score (nSPS) is 13.9. The molecule has 1 aliphatic carbocycles. The molecule has 0 bridgehead atoms. The highest BCUT2D eigenvalue weighted by atomic mass is 19.3. The van der Waals surface area contributed by atoms with Crippen LogP contribution in [0.1, 0.15) is 37.7 Å². The van der Waals surface area contributed by atoms with Crippen LogP contribution in [-0.2, 0) is 14.3 Å². The summed E-state index contributed by atoms with van der Waals surface area (Å²) in [6.07, 6.45) is 10.2. The maximum absolute atomic E-state index is 12.3. The third-order valence-electron chi connectivity index (χ3n) is 4.31. The third-order valence-corrected chi connectivity index (χ3v) is 4.31. The van der Waals surface area contributed by atoms with Gasteiger partial charge in [0, 0.05) is 12.6 Å². The summed E-state index contributed by atoms with van der Waals surface area (Å²) in [5, 5.41) is 2.72. The van der Waals surface area contributed by atoms with Gasteiger partial charge in [-0.1, -0.05) is 17.7 Å². The summed E-state index contributed by atoms with van der Waals surface area (Å²) >= 11 is 0. The predicted molar refractivity (Wildman–Crippen MR) is 104 cm³/mol. The SMILES string of the molecule is COc1cc(/C=C/C(=O)OCC(=O)NCCC2=CCCCC2)ccc1OC(F)F. The van der Waals surface area contributed by atoms with Crippen LogP contribution in [0, 0.1) is 0 Å². The Kier molecular flexibility index (Phi) is 9.14. The summed E-state index contributed by atoms with van der Waals surface area (Å²) in [5.41, 5.74) is 1.88. The van der Waals surface area contributed by atoms with Crippen LogP contribution < -0.4 is 14.8 Å². The van der Waals surface area contributed by atoms with E-state index in [9.17, 15) is 18.4 Å². The number of hydrogen-bond acceptors (Lipinski definition) is 5. The maximum Gasteiger partial charge on any atom is 0.387 e. The van der Waals surface area contributed by atoms with Crippen molar-refractivity contribution in [1.29, 1.82) is 0 Å². The number of halogens is 2. The van der Waals surface area contributed by atoms with Gasteiger partial charge in [0.1, 0.15) is 0 Å². The lowest BCUT2D eigenvalue weighted by atomic mass is 9.97. The Hall–Kier alpha value is -2.90. The Morgan fingerprint density at radius 1 is 1.24 bits per heavy atom. The van der Waals surface area contributed by atoms with Crippen molar-refractivity contribution in [3.05, 3.63) is 41.5 Å². The van der Waals surface area contributed by atoms with Crippen LogP contribution in [0.5, 0.6) is 11.5 Å². The number of carbonyl (C=O) groups is 2. The molecule has 0 unspecified atom stereocenters. The topological polar surface area (TPSA) is 73.9 Å². The van der Waals surface area contributed by atoms with E-state index in [1.165, 1.54) is 49.8 Å². The van der Waals surface area contributed by atoms with Crippen LogP contribution in [0.15, 0.2) is 35.9 Å². The van der Waals surface area contributed by atoms with Crippen molar-refractivity contribution in [2.45, 2.75) is 38.7 Å². The molecule has 29 heavy (non-hydrogen) atoms. The largest absolute Gasteiger partial charge is 0.493 e. The van der Waals surface area contributed by atoms with Gasteiger partial charge in [-0.05, 0) is 55.9 Å². The number of nitrogens with one attached hydrogen (secondary N) is 1. The molecule has 0 fully saturated rings. The second-order valence-corrected chi connectivity index (χ2v) is 6.44. The number of carbonyl (C=O) groups excluding carboxylic acids is 2. The number of alkyl halides is 2. The molecule has 0 saturated heterocycles. The van der Waals surface area contributed by atoms with Crippen molar-refractivity contribution in [2.75, 3.05) is 20.3 Å². The summed E-state index contributed by atoms with van der Waals surface area (Å²) in [5.74, 6) is -1.06. The first kappa shape index (κ1) is 22.4. The van der Waals surface area contributed by atoms with E-state index in [-0.39, 0.29) is 24.0 Å². The molecule has 0 saturated carbocycles. The highest BCUT2D eigenvalue weighted by Gasteiger charge is 2.11. The molecule has 0 aromatic heterocycles. The zero-order valence-electron chi connectivity index (χ0n) is 16.3. The van der Waals surface area contributed by atoms with E-state index in [1.54, 1.807) is 0 Å². The highest BCUT2D eigenvalue weighted by molar-refractivity contribution is 5.89. The standard InChI is InChI=1S/C21H25F2NO5/c1-27-18-13-16(7-9-17(18)29-21(22)23)8-10-20(26)28-14-19(25)24-12-11-15-5-3-2-4-6-15/h5,7-10,13,21H,2-4,6,11-12,14H2,1H3,(H,24,25)/b10-8+. The van der Waals surface area contributed by atoms with Crippen LogP contribution >= 0.6 is 0 Å². The molecule has 1 aromatic carbocycles. The first-order chi connectivity index (χ1) is 14.0. The number of allylic oxidation sites excluding steroid dienone is 1. The predicted octanol–water partition coefficient (Wildman–Crippen LogP) is 3.86. The van der Waals surface area contributed by atoms with E-state index in [0.717, 1.165) is 25.3 Å². The van der Waals surface area contributed by atoms with Crippen LogP contribution in [0.2, 0.25) is 0 Å². The fourth-order valence-corrected chi connectivity index (χ4v) is 2.88. The molecule has 2 rings (SSSR count). The van der Waals surface area contributed by atoms with Crippen LogP contribution in [0.4, 0.5) is 8.78 Å². The minimum absolute atomic E-state index is 0.105. The lowest BCUT2D eigenvalue weighted by Crippen LogP contribution is -2.29. The minimum atomic E-state index is -2.97. The molecule has 8 heteroatoms. The van der Waals surface area contributed by atoms with Gasteiger partial charge in [-0.2, -0.15) is 8.78 Å². The van der Waals surface area contributed by atoms with E-state index in [4.69, 9.17) is 9.47 Å². The smallest absolute Gasteiger partial charge is 0.387 e. The zero-order valence-corrected chi connectivity index (χ0v) is 16.3. The van der Waals surface area contributed by atoms with E-state index >= 15 is 0 Å². The summed E-state index contributed by atoms with van der Waals surface area (Å²) < 4.78 is 38.9. The van der Waals surface area contributed by atoms with E-state index < -0.39 is 12.6 Å². The van der Waals surface area contributed by atoms with E-state index in [2.05, 4.69) is 16.1 Å². The van der Waals surface area contributed by atoms with E-state index in [0.29, 0.717) is 12.1 Å². The van der Waals surface area contributed by atoms with Crippen LogP contribution in [0.25, 0.3) is 6.08 Å². The molecule has 1 amide bonds. The number of hydrogen-bond donors (Lipinski definition) is 1. The average Bonchev–Trinajstić information content (AvgIpc) is 2.72. The van der Waals surface area contributed by atoms with Gasteiger partial charge in [0.15, 0.2) is 18.1 Å². The first-order valence-electron chi connectivity index (χ1n) is 9.40. The molecule has 1 aromatic rings. The molecule has 1 N–H and O–H groups in total. The summed E-state index contributed by atoms with van der Waals surface area (Å²) in [6.45, 7) is -2.82. The average molecular weight is 409 g/mol. The van der Waals surface area contributed by atoms with Crippen molar-refractivity contribution in [1.82, 2.24) is 5.32 Å². The van der Waals surface area contributed by atoms with Gasteiger partial charge < -0.3 is 19.5 Å². The highest BCUT2D eigenvalue weighted by Crippen LogP contribution is 2.29. The maximum atomic E-state index is 12.3. The van der Waals surface area contributed by atoms with Crippen molar-refractivity contribution in [3.8, 4) is 11.5 Å². The van der Waals surface area contributed by atoms with Crippen molar-refractivity contribution < 1.29 is 32.6 Å². The molecule has 158 valence electrons. The number of benzene rings is 1. The van der Waals surface area contributed by atoms with Crippen LogP contribution in [-0.4, -0.2) is 38.7 Å². The molecular formula is C21H25F2NO5. The van der Waals surface area contributed by atoms with Gasteiger partial charge in [-0.3, -0.25) is 4.79 Å². The summed E-state index contributed by atoms with van der Waals surface area (Å²) in [6, 6.07) is 4.23. The molecule has 0 aliphatic heterocycles. The van der Waals surface area contributed by atoms with Gasteiger partial charge in [0.2, 0.25) is 0 Å². The number of esters is 1. The Morgan fingerprint density at radius 3 is 2.76 bits per heavy atom. The van der Waals surface area contributed by atoms with Crippen molar-refractivity contribution in [2.24, 2.45) is 0 Å². The molecule has 0 heterocycles. The monoisotopic (exact) mass is 409 g/mol. The zero-order chi connectivity index (χ0) is 21.1. The molecule has 0 spiro atoms. The molecule has 1 aliphatic rings. The Bertz CT molecular complexity index is 761. The number of amides is 1. The van der Waals surface area contributed by atoms with Gasteiger partial charge in [-0.15, -0.1) is 0 Å². The van der Waals surface area contributed by atoms with Crippen molar-refractivity contribution >= 4 is 18.0 Å². The minimum Gasteiger partial charge on any atom is -0.493 e. The third kappa shape index (κ3) is 8.33. The van der Waals surface area contributed by atoms with Crippen LogP contribution in [0.3, 0.4) is 0 Å². The first-order valence-corrected chi connectivity index (χ1v) is 9.40. The summed E-state index contributed by atoms with van der Waals surface area (Å²) in [7, 11) is 1.32. The number of methoxy groups -OCH3 is 1. The van der Waals surface area contributed by atoms with Gasteiger partial charge in [-0.25, -0.2) is 4.79 Å². The summed E-state index contributed by atoms with van der Waals surface area (Å²) in [4.78, 5) is 23.5. The molecule has 0 radical (unpaired) electrons. The molecular weight excluding hydrogens is 384 g/mol.